The van der Waals surface area contributed by atoms with Crippen LogP contribution < -0.4 is 5.32 Å². The van der Waals surface area contributed by atoms with E-state index < -0.39 is 11.6 Å². The van der Waals surface area contributed by atoms with E-state index in [-0.39, 0.29) is 11.9 Å². The van der Waals surface area contributed by atoms with E-state index in [9.17, 15) is 13.2 Å². The molecule has 25 heavy (non-hydrogen) atoms. The molecule has 0 saturated carbocycles. The molecule has 2 aromatic rings. The van der Waals surface area contributed by atoms with Crippen molar-refractivity contribution in [2.45, 2.75) is 12.6 Å². The van der Waals surface area contributed by atoms with Gasteiger partial charge in [-0.1, -0.05) is 18.2 Å². The zero-order valence-corrected chi connectivity index (χ0v) is 13.9. The minimum Gasteiger partial charge on any atom is -0.379 e. The fourth-order valence-corrected chi connectivity index (χ4v) is 3.06. The zero-order chi connectivity index (χ0) is 17.6. The maximum atomic E-state index is 13.6. The molecule has 0 spiro atoms. The Balaban J connectivity index is 1.67. The van der Waals surface area contributed by atoms with Crippen molar-refractivity contribution in [1.82, 2.24) is 10.2 Å². The number of ether oxygens (including phenoxy) is 1. The number of benzene rings is 2. The number of rotatable bonds is 6. The van der Waals surface area contributed by atoms with Gasteiger partial charge in [0.2, 0.25) is 0 Å². The first-order valence-corrected chi connectivity index (χ1v) is 8.35. The van der Waals surface area contributed by atoms with Gasteiger partial charge >= 0.3 is 0 Å². The molecule has 3 rings (SSSR count). The van der Waals surface area contributed by atoms with Gasteiger partial charge in [-0.05, 0) is 35.4 Å². The summed E-state index contributed by atoms with van der Waals surface area (Å²) >= 11 is 0. The average molecular weight is 350 g/mol. The first kappa shape index (κ1) is 17.9. The smallest absolute Gasteiger partial charge is 0.159 e. The van der Waals surface area contributed by atoms with E-state index in [0.29, 0.717) is 31.9 Å². The van der Waals surface area contributed by atoms with Gasteiger partial charge in [-0.2, -0.15) is 0 Å². The normalized spacial score (nSPS) is 16.8. The Hall–Kier alpha value is -1.89. The lowest BCUT2D eigenvalue weighted by Crippen LogP contribution is -2.42. The molecule has 1 saturated heterocycles. The van der Waals surface area contributed by atoms with Crippen molar-refractivity contribution in [3.8, 4) is 0 Å². The van der Waals surface area contributed by atoms with E-state index in [0.717, 1.165) is 24.7 Å². The SMILES string of the molecule is Fc1cccc(C(CNCc2ccc(F)c(F)c2)N2CCOCC2)c1. The summed E-state index contributed by atoms with van der Waals surface area (Å²) in [5.74, 6) is -1.97. The molecule has 1 atom stereocenters. The highest BCUT2D eigenvalue weighted by Crippen LogP contribution is 2.22. The van der Waals surface area contributed by atoms with Crippen molar-refractivity contribution < 1.29 is 17.9 Å². The van der Waals surface area contributed by atoms with Crippen LogP contribution in [0.5, 0.6) is 0 Å². The molecule has 6 heteroatoms. The summed E-state index contributed by atoms with van der Waals surface area (Å²) < 4.78 is 45.3. The summed E-state index contributed by atoms with van der Waals surface area (Å²) in [5, 5.41) is 3.27. The van der Waals surface area contributed by atoms with Crippen LogP contribution >= 0.6 is 0 Å². The minimum absolute atomic E-state index is 0.00936. The molecular weight excluding hydrogens is 329 g/mol. The van der Waals surface area contributed by atoms with Crippen LogP contribution in [0.3, 0.4) is 0 Å². The van der Waals surface area contributed by atoms with E-state index in [4.69, 9.17) is 4.74 Å². The topological polar surface area (TPSA) is 24.5 Å². The number of hydrogen-bond acceptors (Lipinski definition) is 3. The van der Waals surface area contributed by atoms with Gasteiger partial charge in [0.25, 0.3) is 0 Å². The van der Waals surface area contributed by atoms with Gasteiger partial charge in [0.05, 0.1) is 13.2 Å². The molecule has 1 aliphatic heterocycles. The highest BCUT2D eigenvalue weighted by Gasteiger charge is 2.22. The standard InChI is InChI=1S/C19H21F3N2O/c20-16-3-1-2-15(11-16)19(24-6-8-25-9-7-24)13-23-12-14-4-5-17(21)18(22)10-14/h1-5,10-11,19,23H,6-9,12-13H2. The lowest BCUT2D eigenvalue weighted by Gasteiger charge is -2.35. The largest absolute Gasteiger partial charge is 0.379 e. The molecule has 0 amide bonds. The van der Waals surface area contributed by atoms with Crippen LogP contribution in [-0.2, 0) is 11.3 Å². The molecule has 0 bridgehead atoms. The Kier molecular flexibility index (Phi) is 6.07. The molecule has 134 valence electrons. The van der Waals surface area contributed by atoms with Crippen molar-refractivity contribution in [1.29, 1.82) is 0 Å². The second-order valence-electron chi connectivity index (χ2n) is 6.10. The monoisotopic (exact) mass is 350 g/mol. The summed E-state index contributed by atoms with van der Waals surface area (Å²) in [5.41, 5.74) is 1.55. The summed E-state index contributed by atoms with van der Waals surface area (Å²) in [6.07, 6.45) is 0. The molecule has 0 radical (unpaired) electrons. The number of nitrogens with one attached hydrogen (secondary N) is 1. The van der Waals surface area contributed by atoms with E-state index in [1.165, 1.54) is 12.1 Å². The minimum atomic E-state index is -0.853. The molecular formula is C19H21F3N2O. The number of nitrogens with zero attached hydrogens (tertiary/aromatic N) is 1. The fraction of sp³-hybridized carbons (Fsp3) is 0.368. The maximum absolute atomic E-state index is 13.6. The van der Waals surface area contributed by atoms with Gasteiger partial charge in [0.15, 0.2) is 11.6 Å². The molecule has 3 nitrogen and oxygen atoms in total. The van der Waals surface area contributed by atoms with Crippen LogP contribution in [0.25, 0.3) is 0 Å². The number of morpholine rings is 1. The predicted octanol–water partition coefficient (Wildman–Crippen LogP) is 3.27. The van der Waals surface area contributed by atoms with Gasteiger partial charge < -0.3 is 10.1 Å². The van der Waals surface area contributed by atoms with Crippen LogP contribution in [0.2, 0.25) is 0 Å². The van der Waals surface area contributed by atoms with Gasteiger partial charge in [0, 0.05) is 32.2 Å². The van der Waals surface area contributed by atoms with Crippen LogP contribution in [0, 0.1) is 17.5 Å². The summed E-state index contributed by atoms with van der Waals surface area (Å²) in [7, 11) is 0. The summed E-state index contributed by atoms with van der Waals surface area (Å²) in [4.78, 5) is 2.25. The Labute approximate surface area is 145 Å². The van der Waals surface area contributed by atoms with Crippen molar-refractivity contribution in [2.75, 3.05) is 32.8 Å². The van der Waals surface area contributed by atoms with Crippen LogP contribution in [0.1, 0.15) is 17.2 Å². The Morgan fingerprint density at radius 2 is 1.80 bits per heavy atom. The van der Waals surface area contributed by atoms with Crippen LogP contribution in [-0.4, -0.2) is 37.7 Å². The highest BCUT2D eigenvalue weighted by atomic mass is 19.2. The molecule has 1 heterocycles. The van der Waals surface area contributed by atoms with E-state index in [2.05, 4.69) is 10.2 Å². The molecule has 0 aliphatic carbocycles. The fourth-order valence-electron chi connectivity index (χ4n) is 3.06. The third-order valence-corrected chi connectivity index (χ3v) is 4.37. The third-order valence-electron chi connectivity index (χ3n) is 4.37. The highest BCUT2D eigenvalue weighted by molar-refractivity contribution is 5.21. The van der Waals surface area contributed by atoms with Gasteiger partial charge in [-0.3, -0.25) is 4.90 Å². The Morgan fingerprint density at radius 1 is 1.00 bits per heavy atom. The third kappa shape index (κ3) is 4.81. The van der Waals surface area contributed by atoms with Crippen molar-refractivity contribution in [3.05, 3.63) is 71.0 Å². The number of hydrogen-bond donors (Lipinski definition) is 1. The molecule has 1 N–H and O–H groups in total. The van der Waals surface area contributed by atoms with Gasteiger partial charge in [-0.25, -0.2) is 13.2 Å². The lowest BCUT2D eigenvalue weighted by molar-refractivity contribution is 0.0160. The van der Waals surface area contributed by atoms with Crippen molar-refractivity contribution >= 4 is 0 Å². The predicted molar refractivity (Wildman–Crippen MR) is 89.6 cm³/mol. The second-order valence-corrected chi connectivity index (χ2v) is 6.10. The Bertz CT molecular complexity index is 705. The summed E-state index contributed by atoms with van der Waals surface area (Å²) in [6, 6.07) is 10.4. The zero-order valence-electron chi connectivity index (χ0n) is 13.9. The summed E-state index contributed by atoms with van der Waals surface area (Å²) in [6.45, 7) is 3.82. The molecule has 1 unspecified atom stereocenters. The maximum Gasteiger partial charge on any atom is 0.159 e. The van der Waals surface area contributed by atoms with Crippen molar-refractivity contribution in [2.24, 2.45) is 0 Å². The van der Waals surface area contributed by atoms with Gasteiger partial charge in [0.1, 0.15) is 5.82 Å². The van der Waals surface area contributed by atoms with Crippen molar-refractivity contribution in [3.63, 3.8) is 0 Å². The quantitative estimate of drug-likeness (QED) is 0.865. The second kappa shape index (κ2) is 8.47. The average Bonchev–Trinajstić information content (AvgIpc) is 2.62. The van der Waals surface area contributed by atoms with E-state index in [1.807, 2.05) is 6.07 Å². The van der Waals surface area contributed by atoms with Gasteiger partial charge in [-0.15, -0.1) is 0 Å². The van der Waals surface area contributed by atoms with E-state index in [1.54, 1.807) is 18.2 Å². The number of halogens is 3. The molecule has 2 aromatic carbocycles. The lowest BCUT2D eigenvalue weighted by atomic mass is 10.0. The van der Waals surface area contributed by atoms with Crippen LogP contribution in [0.4, 0.5) is 13.2 Å². The first-order chi connectivity index (χ1) is 12.1. The van der Waals surface area contributed by atoms with Crippen LogP contribution in [0.15, 0.2) is 42.5 Å². The van der Waals surface area contributed by atoms with E-state index >= 15 is 0 Å². The first-order valence-electron chi connectivity index (χ1n) is 8.35. The molecule has 0 aromatic heterocycles. The Morgan fingerprint density at radius 3 is 2.52 bits per heavy atom. The molecule has 1 aliphatic rings. The molecule has 1 fully saturated rings.